The Labute approximate surface area is 228 Å². The normalized spacial score (nSPS) is 12.4. The molecule has 0 aliphatic rings. The molecular weight excluding hydrogens is 532 g/mol. The quantitative estimate of drug-likeness (QED) is 0.154. The molecule has 0 saturated carbocycles. The maximum Gasteiger partial charge on any atom is 0.338 e. The Morgan fingerprint density at radius 1 is 0.892 bits per heavy atom. The van der Waals surface area contributed by atoms with Crippen molar-refractivity contribution in [3.8, 4) is 11.1 Å². The van der Waals surface area contributed by atoms with Crippen LogP contribution in [-0.2, 0) is 29.9 Å². The van der Waals surface area contributed by atoms with E-state index >= 15 is 0 Å². The third kappa shape index (κ3) is 8.15. The van der Waals surface area contributed by atoms with Crippen LogP contribution in [0.15, 0.2) is 72.8 Å². The molecule has 1 atom stereocenters. The van der Waals surface area contributed by atoms with Crippen LogP contribution in [0.3, 0.4) is 0 Å². The van der Waals surface area contributed by atoms with Crippen molar-refractivity contribution in [2.24, 2.45) is 0 Å². The number of hydrogen-bond acceptors (Lipinski definition) is 5. The Morgan fingerprint density at radius 2 is 1.51 bits per heavy atom. The standard InChI is InChI=1S/C28H32Cl2NO5P/c1-4-35-37(33,36-5-2)28(25-15-16-26(29)27(30)19-25)17-18-31(21(3)32)34-20-22-11-13-24(14-12-22)23-9-7-6-8-10-23/h6-16,19,28H,4-5,17-18,20H2,1-3H3. The number of hydroxylamine groups is 2. The molecule has 0 saturated heterocycles. The fraction of sp³-hybridized carbons (Fsp3) is 0.321. The van der Waals surface area contributed by atoms with Gasteiger partial charge in [0.1, 0.15) is 6.61 Å². The molecule has 3 aromatic rings. The zero-order valence-corrected chi connectivity index (χ0v) is 23.6. The smallest absolute Gasteiger partial charge is 0.308 e. The van der Waals surface area contributed by atoms with Crippen molar-refractivity contribution in [3.05, 3.63) is 94.0 Å². The van der Waals surface area contributed by atoms with Crippen LogP contribution in [0.1, 0.15) is 44.0 Å². The van der Waals surface area contributed by atoms with E-state index < -0.39 is 13.3 Å². The first-order chi connectivity index (χ1) is 17.8. The van der Waals surface area contributed by atoms with Crippen LogP contribution in [0.25, 0.3) is 11.1 Å². The SMILES string of the molecule is CCOP(=O)(OCC)C(CCN(OCc1ccc(-c2ccccc2)cc1)C(C)=O)c1ccc(Cl)c(Cl)c1. The number of rotatable bonds is 13. The van der Waals surface area contributed by atoms with Crippen molar-refractivity contribution in [2.45, 2.75) is 39.5 Å². The van der Waals surface area contributed by atoms with Crippen LogP contribution in [0.2, 0.25) is 10.0 Å². The van der Waals surface area contributed by atoms with E-state index in [0.717, 1.165) is 16.7 Å². The van der Waals surface area contributed by atoms with Gasteiger partial charge in [0, 0.05) is 13.5 Å². The van der Waals surface area contributed by atoms with Crippen molar-refractivity contribution < 1.29 is 23.2 Å². The summed E-state index contributed by atoms with van der Waals surface area (Å²) in [4.78, 5) is 18.2. The maximum absolute atomic E-state index is 13.8. The summed E-state index contributed by atoms with van der Waals surface area (Å²) in [7, 11) is -3.58. The van der Waals surface area contributed by atoms with Crippen LogP contribution in [0.4, 0.5) is 0 Å². The number of nitrogens with zero attached hydrogens (tertiary/aromatic N) is 1. The molecule has 0 aliphatic heterocycles. The van der Waals surface area contributed by atoms with Crippen LogP contribution in [0.5, 0.6) is 0 Å². The second kappa shape index (κ2) is 14.1. The summed E-state index contributed by atoms with van der Waals surface area (Å²) in [5.41, 5.74) is 3.13. The average molecular weight is 564 g/mol. The fourth-order valence-electron chi connectivity index (χ4n) is 3.93. The highest BCUT2D eigenvalue weighted by atomic mass is 35.5. The second-order valence-corrected chi connectivity index (χ2v) is 11.3. The lowest BCUT2D eigenvalue weighted by atomic mass is 10.0. The number of benzene rings is 3. The first-order valence-corrected chi connectivity index (χ1v) is 14.5. The minimum Gasteiger partial charge on any atom is -0.308 e. The highest BCUT2D eigenvalue weighted by Crippen LogP contribution is 2.62. The highest BCUT2D eigenvalue weighted by Gasteiger charge is 2.37. The van der Waals surface area contributed by atoms with Crippen molar-refractivity contribution in [1.29, 1.82) is 0 Å². The molecule has 0 bridgehead atoms. The Morgan fingerprint density at radius 3 is 2.08 bits per heavy atom. The van der Waals surface area contributed by atoms with Gasteiger partial charge in [0.25, 0.3) is 0 Å². The Bertz CT molecular complexity index is 1200. The highest BCUT2D eigenvalue weighted by molar-refractivity contribution is 7.54. The van der Waals surface area contributed by atoms with E-state index in [9.17, 15) is 9.36 Å². The zero-order valence-electron chi connectivity index (χ0n) is 21.2. The van der Waals surface area contributed by atoms with E-state index in [1.165, 1.54) is 12.0 Å². The van der Waals surface area contributed by atoms with Gasteiger partial charge < -0.3 is 9.05 Å². The molecule has 3 rings (SSSR count). The third-order valence-electron chi connectivity index (χ3n) is 5.73. The van der Waals surface area contributed by atoms with Gasteiger partial charge in [0.05, 0.1) is 28.9 Å². The van der Waals surface area contributed by atoms with Gasteiger partial charge in [-0.25, -0.2) is 5.06 Å². The van der Waals surface area contributed by atoms with E-state index in [4.69, 9.17) is 37.1 Å². The van der Waals surface area contributed by atoms with Crippen molar-refractivity contribution in [2.75, 3.05) is 19.8 Å². The Balaban J connectivity index is 1.74. The van der Waals surface area contributed by atoms with Gasteiger partial charge in [-0.3, -0.25) is 14.2 Å². The fourth-order valence-corrected chi connectivity index (χ4v) is 6.35. The molecule has 9 heteroatoms. The largest absolute Gasteiger partial charge is 0.338 e. The van der Waals surface area contributed by atoms with E-state index in [0.29, 0.717) is 15.6 Å². The van der Waals surface area contributed by atoms with Gasteiger partial charge in [-0.15, -0.1) is 0 Å². The summed E-state index contributed by atoms with van der Waals surface area (Å²) in [6.45, 7) is 5.74. The summed E-state index contributed by atoms with van der Waals surface area (Å²) in [5, 5.41) is 2.00. The van der Waals surface area contributed by atoms with Gasteiger partial charge in [0.15, 0.2) is 0 Å². The van der Waals surface area contributed by atoms with Gasteiger partial charge in [-0.05, 0) is 54.7 Å². The van der Waals surface area contributed by atoms with Gasteiger partial charge in [-0.2, -0.15) is 0 Å². The molecule has 1 unspecified atom stereocenters. The summed E-state index contributed by atoms with van der Waals surface area (Å²) >= 11 is 12.3. The van der Waals surface area contributed by atoms with Gasteiger partial charge >= 0.3 is 7.60 Å². The summed E-state index contributed by atoms with van der Waals surface area (Å²) in [5.74, 6) is -0.267. The predicted octanol–water partition coefficient (Wildman–Crippen LogP) is 8.34. The molecule has 0 aliphatic carbocycles. The number of carbonyl (C=O) groups is 1. The lowest BCUT2D eigenvalue weighted by Crippen LogP contribution is -2.31. The summed E-state index contributed by atoms with van der Waals surface area (Å²) in [6, 6.07) is 23.1. The van der Waals surface area contributed by atoms with E-state index in [-0.39, 0.29) is 38.7 Å². The lowest BCUT2D eigenvalue weighted by molar-refractivity contribution is -0.189. The second-order valence-electron chi connectivity index (χ2n) is 8.31. The van der Waals surface area contributed by atoms with Crippen LogP contribution < -0.4 is 0 Å². The molecule has 0 heterocycles. The number of hydrogen-bond donors (Lipinski definition) is 0. The van der Waals surface area contributed by atoms with Crippen molar-refractivity contribution in [3.63, 3.8) is 0 Å². The number of carbonyl (C=O) groups excluding carboxylic acids is 1. The first kappa shape index (κ1) is 29.4. The third-order valence-corrected chi connectivity index (χ3v) is 9.03. The summed E-state index contributed by atoms with van der Waals surface area (Å²) in [6.07, 6.45) is 0.266. The minimum atomic E-state index is -3.58. The van der Waals surface area contributed by atoms with Gasteiger partial charge in [0.2, 0.25) is 5.91 Å². The zero-order chi connectivity index (χ0) is 26.8. The molecule has 0 radical (unpaired) electrons. The molecule has 0 spiro atoms. The molecule has 37 heavy (non-hydrogen) atoms. The molecule has 0 fully saturated rings. The number of amides is 1. The molecule has 0 N–H and O–H groups in total. The Hall–Kier alpha value is -2.18. The van der Waals surface area contributed by atoms with Gasteiger partial charge in [-0.1, -0.05) is 83.9 Å². The number of halogens is 2. The molecular formula is C28H32Cl2NO5P. The van der Waals surface area contributed by atoms with E-state index in [1.54, 1.807) is 32.0 Å². The van der Waals surface area contributed by atoms with Crippen LogP contribution in [-0.4, -0.2) is 30.7 Å². The monoisotopic (exact) mass is 563 g/mol. The maximum atomic E-state index is 13.8. The Kier molecular flexibility index (Phi) is 11.2. The van der Waals surface area contributed by atoms with Crippen molar-refractivity contribution in [1.82, 2.24) is 5.06 Å². The molecule has 0 aromatic heterocycles. The predicted molar refractivity (Wildman–Crippen MR) is 149 cm³/mol. The van der Waals surface area contributed by atoms with Crippen molar-refractivity contribution >= 4 is 36.7 Å². The first-order valence-electron chi connectivity index (χ1n) is 12.2. The molecule has 6 nitrogen and oxygen atoms in total. The van der Waals surface area contributed by atoms with E-state index in [2.05, 4.69) is 12.1 Å². The topological polar surface area (TPSA) is 65.1 Å². The minimum absolute atomic E-state index is 0.173. The summed E-state index contributed by atoms with van der Waals surface area (Å²) < 4.78 is 25.0. The van der Waals surface area contributed by atoms with Crippen LogP contribution in [0, 0.1) is 0 Å². The lowest BCUT2D eigenvalue weighted by Gasteiger charge is -2.29. The van der Waals surface area contributed by atoms with Crippen LogP contribution >= 0.6 is 30.8 Å². The molecule has 3 aromatic carbocycles. The molecule has 1 amide bonds. The molecule has 198 valence electrons. The average Bonchev–Trinajstić information content (AvgIpc) is 2.89. The van der Waals surface area contributed by atoms with E-state index in [1.807, 2.05) is 42.5 Å².